The molecule has 2 amide bonds. The van der Waals surface area contributed by atoms with Gasteiger partial charge in [-0.25, -0.2) is 4.68 Å². The maximum atomic E-state index is 13.0. The highest BCUT2D eigenvalue weighted by Gasteiger charge is 2.21. The van der Waals surface area contributed by atoms with E-state index in [0.717, 1.165) is 54.0 Å². The first-order chi connectivity index (χ1) is 20.8. The van der Waals surface area contributed by atoms with Crippen LogP contribution in [0, 0.1) is 0 Å². The van der Waals surface area contributed by atoms with Gasteiger partial charge in [-0.05, 0) is 85.2 Å². The van der Waals surface area contributed by atoms with E-state index in [-0.39, 0.29) is 17.6 Å². The number of hydrogen-bond acceptors (Lipinski definition) is 5. The highest BCUT2D eigenvalue weighted by molar-refractivity contribution is 5.87. The Hall–Kier alpha value is -4.46. The molecule has 2 aromatic carbocycles. The van der Waals surface area contributed by atoms with Crippen molar-refractivity contribution >= 4 is 11.8 Å². The van der Waals surface area contributed by atoms with Gasteiger partial charge in [-0.15, -0.1) is 0 Å². The predicted molar refractivity (Wildman–Crippen MR) is 170 cm³/mol. The van der Waals surface area contributed by atoms with Crippen molar-refractivity contribution < 1.29 is 14.7 Å². The van der Waals surface area contributed by atoms with Gasteiger partial charge in [0.2, 0.25) is 11.8 Å². The Morgan fingerprint density at radius 2 is 1.70 bits per heavy atom. The molecule has 0 fully saturated rings. The van der Waals surface area contributed by atoms with Gasteiger partial charge in [0.1, 0.15) is 17.5 Å². The van der Waals surface area contributed by atoms with Crippen LogP contribution in [-0.2, 0) is 22.4 Å². The monoisotopic (exact) mass is 581 g/mol. The number of pyridine rings is 1. The van der Waals surface area contributed by atoms with Crippen molar-refractivity contribution in [2.45, 2.75) is 77.7 Å². The third-order valence-corrected chi connectivity index (χ3v) is 7.46. The van der Waals surface area contributed by atoms with E-state index < -0.39 is 6.04 Å². The molecule has 2 heterocycles. The van der Waals surface area contributed by atoms with Crippen molar-refractivity contribution in [3.8, 4) is 22.8 Å². The number of amides is 2. The fourth-order valence-electron chi connectivity index (χ4n) is 4.91. The Kier molecular flexibility index (Phi) is 11.5. The van der Waals surface area contributed by atoms with Crippen LogP contribution in [0.5, 0.6) is 5.75 Å². The molecule has 0 aliphatic carbocycles. The minimum Gasteiger partial charge on any atom is -0.508 e. The number of carbonyl (C=O) groups excluding carboxylic acids is 2. The van der Waals surface area contributed by atoms with Crippen molar-refractivity contribution in [3.05, 3.63) is 95.8 Å². The molecule has 3 N–H and O–H groups in total. The van der Waals surface area contributed by atoms with Crippen LogP contribution in [0.2, 0.25) is 0 Å². The van der Waals surface area contributed by atoms with Gasteiger partial charge >= 0.3 is 0 Å². The normalized spacial score (nSPS) is 11.8. The third kappa shape index (κ3) is 9.26. The summed E-state index contributed by atoms with van der Waals surface area (Å²) in [4.78, 5) is 30.3. The number of hydrogen-bond donors (Lipinski definition) is 3. The number of aryl methyl sites for hydroxylation is 1. The first kappa shape index (κ1) is 31.5. The second-order valence-corrected chi connectivity index (χ2v) is 11.2. The van der Waals surface area contributed by atoms with E-state index in [0.29, 0.717) is 31.7 Å². The largest absolute Gasteiger partial charge is 0.508 e. The summed E-state index contributed by atoms with van der Waals surface area (Å²) in [5, 5.41) is 20.4. The van der Waals surface area contributed by atoms with E-state index >= 15 is 0 Å². The number of phenols is 1. The number of unbranched alkanes of at least 4 members (excludes halogenated alkanes) is 2. The first-order valence-electron chi connectivity index (χ1n) is 15.3. The quantitative estimate of drug-likeness (QED) is 0.147. The summed E-state index contributed by atoms with van der Waals surface area (Å²) >= 11 is 0. The van der Waals surface area contributed by atoms with E-state index in [1.54, 1.807) is 30.5 Å². The summed E-state index contributed by atoms with van der Waals surface area (Å²) in [5.41, 5.74) is 5.82. The second kappa shape index (κ2) is 15.7. The summed E-state index contributed by atoms with van der Waals surface area (Å²) in [5.74, 6) is 0.271. The van der Waals surface area contributed by atoms with Crippen LogP contribution >= 0.6 is 0 Å². The Morgan fingerprint density at radius 3 is 2.37 bits per heavy atom. The molecule has 0 aliphatic heterocycles. The number of aromatic hydroxyl groups is 1. The van der Waals surface area contributed by atoms with E-state index in [9.17, 15) is 14.7 Å². The molecule has 0 spiro atoms. The zero-order valence-corrected chi connectivity index (χ0v) is 25.4. The Balaban J connectivity index is 1.39. The van der Waals surface area contributed by atoms with Crippen LogP contribution in [0.25, 0.3) is 17.1 Å². The number of carbonyl (C=O) groups is 2. The maximum Gasteiger partial charge on any atom is 0.242 e. The van der Waals surface area contributed by atoms with Gasteiger partial charge in [-0.3, -0.25) is 14.6 Å². The summed E-state index contributed by atoms with van der Waals surface area (Å²) in [7, 11) is 0. The lowest BCUT2D eigenvalue weighted by Crippen LogP contribution is -2.48. The molecule has 226 valence electrons. The second-order valence-electron chi connectivity index (χ2n) is 11.2. The lowest BCUT2D eigenvalue weighted by atomic mass is 10.0. The number of nitrogens with zero attached hydrogens (tertiary/aromatic N) is 3. The summed E-state index contributed by atoms with van der Waals surface area (Å²) in [6, 6.07) is 22.4. The molecule has 4 aromatic rings. The van der Waals surface area contributed by atoms with E-state index in [4.69, 9.17) is 5.10 Å². The molecule has 4 rings (SSSR count). The van der Waals surface area contributed by atoms with Gasteiger partial charge in [-0.1, -0.05) is 57.5 Å². The number of rotatable bonds is 15. The fourth-order valence-corrected chi connectivity index (χ4v) is 4.91. The highest BCUT2D eigenvalue weighted by Crippen LogP contribution is 2.23. The number of benzene rings is 2. The van der Waals surface area contributed by atoms with Crippen molar-refractivity contribution in [1.29, 1.82) is 0 Å². The molecule has 0 saturated heterocycles. The average Bonchev–Trinajstić information content (AvgIpc) is 3.45. The van der Waals surface area contributed by atoms with Crippen LogP contribution in [-0.4, -0.2) is 44.3 Å². The molecule has 0 bridgehead atoms. The highest BCUT2D eigenvalue weighted by atomic mass is 16.3. The average molecular weight is 582 g/mol. The first-order valence-corrected chi connectivity index (χ1v) is 15.3. The van der Waals surface area contributed by atoms with Gasteiger partial charge < -0.3 is 15.7 Å². The minimum absolute atomic E-state index is 0.152. The molecule has 0 radical (unpaired) electrons. The summed E-state index contributed by atoms with van der Waals surface area (Å²) < 4.78 is 1.97. The number of aromatic nitrogens is 3. The molecular formula is C35H43N5O3. The smallest absolute Gasteiger partial charge is 0.242 e. The molecule has 1 atom stereocenters. The topological polar surface area (TPSA) is 109 Å². The van der Waals surface area contributed by atoms with Gasteiger partial charge in [0.15, 0.2) is 0 Å². The number of nitrogens with one attached hydrogen (secondary N) is 2. The van der Waals surface area contributed by atoms with E-state index in [1.807, 2.05) is 22.9 Å². The molecule has 2 aromatic heterocycles. The minimum atomic E-state index is -0.676. The van der Waals surface area contributed by atoms with E-state index in [2.05, 4.69) is 66.7 Å². The van der Waals surface area contributed by atoms with Crippen LogP contribution < -0.4 is 10.6 Å². The van der Waals surface area contributed by atoms with Gasteiger partial charge in [0, 0.05) is 31.3 Å². The standard InChI is InChI=1S/C35H43N5O3/c1-4-5-21-37-35(43)33(23-26-13-19-30(41)20-14-26)38-34(42)12-7-6-10-29-24-32(31-11-8-9-22-36-31)39-40(29)28-17-15-27(16-18-28)25(2)3/h8-9,11,13-20,22,24-25,33,41H,4-7,10,12,21,23H2,1-3H3,(H,37,43)(H,38,42). The van der Waals surface area contributed by atoms with Crippen LogP contribution in [0.15, 0.2) is 79.0 Å². The van der Waals surface area contributed by atoms with Crippen molar-refractivity contribution in [2.24, 2.45) is 0 Å². The Labute approximate surface area is 254 Å². The molecule has 8 heteroatoms. The van der Waals surface area contributed by atoms with Crippen LogP contribution in [0.1, 0.15) is 75.6 Å². The van der Waals surface area contributed by atoms with Gasteiger partial charge in [-0.2, -0.15) is 5.10 Å². The van der Waals surface area contributed by atoms with Crippen molar-refractivity contribution in [2.75, 3.05) is 6.54 Å². The Bertz CT molecular complexity index is 1450. The van der Waals surface area contributed by atoms with Gasteiger partial charge in [0.25, 0.3) is 0 Å². The lowest BCUT2D eigenvalue weighted by molar-refractivity contribution is -0.129. The van der Waals surface area contributed by atoms with Crippen molar-refractivity contribution in [3.63, 3.8) is 0 Å². The molecule has 0 saturated carbocycles. The summed E-state index contributed by atoms with van der Waals surface area (Å²) in [6.45, 7) is 7.00. The van der Waals surface area contributed by atoms with Crippen molar-refractivity contribution in [1.82, 2.24) is 25.4 Å². The van der Waals surface area contributed by atoms with Crippen LogP contribution in [0.4, 0.5) is 0 Å². The lowest BCUT2D eigenvalue weighted by Gasteiger charge is -2.19. The SMILES string of the molecule is CCCCNC(=O)C(Cc1ccc(O)cc1)NC(=O)CCCCc1cc(-c2ccccn2)nn1-c1ccc(C(C)C)cc1. The molecule has 43 heavy (non-hydrogen) atoms. The van der Waals surface area contributed by atoms with E-state index in [1.165, 1.54) is 5.56 Å². The fraction of sp³-hybridized carbons (Fsp3) is 0.371. The summed E-state index contributed by atoms with van der Waals surface area (Å²) in [6.07, 6.45) is 6.50. The molecule has 1 unspecified atom stereocenters. The Morgan fingerprint density at radius 1 is 0.930 bits per heavy atom. The third-order valence-electron chi connectivity index (χ3n) is 7.46. The zero-order chi connectivity index (χ0) is 30.6. The number of phenolic OH excluding ortho intramolecular Hbond substituents is 1. The molecule has 8 nitrogen and oxygen atoms in total. The molecular weight excluding hydrogens is 538 g/mol. The van der Waals surface area contributed by atoms with Crippen LogP contribution in [0.3, 0.4) is 0 Å². The predicted octanol–water partition coefficient (Wildman–Crippen LogP) is 6.12. The molecule has 0 aliphatic rings. The maximum absolute atomic E-state index is 13.0. The zero-order valence-electron chi connectivity index (χ0n) is 25.4. The van der Waals surface area contributed by atoms with Gasteiger partial charge in [0.05, 0.1) is 11.4 Å².